The molecule has 0 aromatic heterocycles. The molecule has 0 radical (unpaired) electrons. The first-order valence-corrected chi connectivity index (χ1v) is 13.8. The lowest BCUT2D eigenvalue weighted by Crippen LogP contribution is -2.29. The van der Waals surface area contributed by atoms with Crippen molar-refractivity contribution in [1.82, 2.24) is 0 Å². The average Bonchev–Trinajstić information content (AvgIpc) is 2.44. The summed E-state index contributed by atoms with van der Waals surface area (Å²) >= 11 is 0. The minimum absolute atomic E-state index is 0.123. The van der Waals surface area contributed by atoms with Crippen molar-refractivity contribution in [3.05, 3.63) is 11.6 Å². The Morgan fingerprint density at radius 2 is 1.36 bits per heavy atom. The van der Waals surface area contributed by atoms with Crippen LogP contribution >= 0.6 is 0 Å². The summed E-state index contributed by atoms with van der Waals surface area (Å²) in [6.45, 7) is 17.4. The second kappa shape index (κ2) is 12.7. The van der Waals surface area contributed by atoms with Gasteiger partial charge in [-0.2, -0.15) is 0 Å². The topological polar surface area (TPSA) is 26.3 Å². The zero-order valence-electron chi connectivity index (χ0n) is 18.3. The lowest BCUT2D eigenvalue weighted by molar-refractivity contribution is -0.130. The van der Waals surface area contributed by atoms with E-state index in [9.17, 15) is 4.79 Å². The lowest BCUT2D eigenvalue weighted by atomic mass is 9.92. The molecule has 0 aliphatic heterocycles. The van der Waals surface area contributed by atoms with Crippen molar-refractivity contribution >= 4 is 14.3 Å². The fourth-order valence-corrected chi connectivity index (χ4v) is 3.72. The third-order valence-electron chi connectivity index (χ3n) is 4.70. The van der Waals surface area contributed by atoms with Gasteiger partial charge in [-0.25, -0.2) is 4.79 Å². The highest BCUT2D eigenvalue weighted by molar-refractivity contribution is 6.71. The smallest absolute Gasteiger partial charge is 0.320 e. The van der Waals surface area contributed by atoms with Crippen LogP contribution in [0.3, 0.4) is 0 Å². The van der Waals surface area contributed by atoms with Crippen LogP contribution in [-0.2, 0) is 9.22 Å². The van der Waals surface area contributed by atoms with E-state index in [1.54, 1.807) is 0 Å². The molecule has 0 aromatic carbocycles. The number of rotatable bonds is 13. The molecule has 0 bridgehead atoms. The standard InChI is InChI=1S/C22H44O2Si/c1-18(2)12-9-13-19(3)14-10-15-20(4)16-11-17-21(5)22(23)24-25(6,7)8/h17-20H,9-16H2,1-8H3/b21-17+. The second-order valence-corrected chi connectivity index (χ2v) is 13.9. The van der Waals surface area contributed by atoms with Gasteiger partial charge in [-0.15, -0.1) is 0 Å². The average molecular weight is 369 g/mol. The SMILES string of the molecule is C/C(=C\CCC(C)CCCC(C)CCCC(C)C)C(=O)O[Si](C)(C)C. The molecule has 0 spiro atoms. The van der Waals surface area contributed by atoms with Gasteiger partial charge in [-0.3, -0.25) is 0 Å². The highest BCUT2D eigenvalue weighted by Crippen LogP contribution is 2.21. The van der Waals surface area contributed by atoms with Crippen molar-refractivity contribution < 1.29 is 9.22 Å². The first kappa shape index (κ1) is 24.4. The maximum Gasteiger partial charge on any atom is 0.320 e. The van der Waals surface area contributed by atoms with E-state index in [-0.39, 0.29) is 5.97 Å². The minimum Gasteiger partial charge on any atom is -0.517 e. The minimum atomic E-state index is -1.78. The van der Waals surface area contributed by atoms with Gasteiger partial charge in [-0.05, 0) is 57.2 Å². The Morgan fingerprint density at radius 1 is 0.880 bits per heavy atom. The third-order valence-corrected chi connectivity index (χ3v) is 5.50. The van der Waals surface area contributed by atoms with Crippen molar-refractivity contribution in [3.8, 4) is 0 Å². The molecule has 148 valence electrons. The molecule has 0 amide bonds. The molecule has 0 fully saturated rings. The number of hydrogen-bond donors (Lipinski definition) is 0. The molecule has 0 saturated carbocycles. The summed E-state index contributed by atoms with van der Waals surface area (Å²) in [5, 5.41) is 0. The van der Waals surface area contributed by atoms with Crippen molar-refractivity contribution in [2.75, 3.05) is 0 Å². The van der Waals surface area contributed by atoms with Crippen LogP contribution in [0, 0.1) is 17.8 Å². The van der Waals surface area contributed by atoms with Gasteiger partial charge in [0, 0.05) is 5.57 Å². The van der Waals surface area contributed by atoms with Crippen molar-refractivity contribution in [2.24, 2.45) is 17.8 Å². The molecule has 0 saturated heterocycles. The van der Waals surface area contributed by atoms with Crippen LogP contribution in [0.25, 0.3) is 0 Å². The Bertz CT molecular complexity index is 393. The molecule has 0 aliphatic carbocycles. The van der Waals surface area contributed by atoms with Gasteiger partial charge in [0.25, 0.3) is 0 Å². The summed E-state index contributed by atoms with van der Waals surface area (Å²) in [6.07, 6.45) is 12.3. The molecule has 2 atom stereocenters. The lowest BCUT2D eigenvalue weighted by Gasteiger charge is -2.17. The molecule has 2 unspecified atom stereocenters. The van der Waals surface area contributed by atoms with Crippen molar-refractivity contribution in [1.29, 1.82) is 0 Å². The Morgan fingerprint density at radius 3 is 1.84 bits per heavy atom. The molecule has 0 N–H and O–H groups in total. The van der Waals surface area contributed by atoms with Gasteiger partial charge in [0.2, 0.25) is 8.32 Å². The largest absolute Gasteiger partial charge is 0.517 e. The molecule has 0 heterocycles. The quantitative estimate of drug-likeness (QED) is 0.251. The Kier molecular flexibility index (Phi) is 12.4. The van der Waals surface area contributed by atoms with Gasteiger partial charge < -0.3 is 4.43 Å². The molecular weight excluding hydrogens is 324 g/mol. The van der Waals surface area contributed by atoms with Crippen LogP contribution in [0.1, 0.15) is 86.0 Å². The van der Waals surface area contributed by atoms with Crippen LogP contribution in [-0.4, -0.2) is 14.3 Å². The highest BCUT2D eigenvalue weighted by atomic mass is 28.4. The molecule has 0 rings (SSSR count). The van der Waals surface area contributed by atoms with E-state index in [0.29, 0.717) is 0 Å². The van der Waals surface area contributed by atoms with Crippen LogP contribution in [0.15, 0.2) is 11.6 Å². The van der Waals surface area contributed by atoms with E-state index in [1.165, 1.54) is 44.9 Å². The van der Waals surface area contributed by atoms with Crippen molar-refractivity contribution in [3.63, 3.8) is 0 Å². The maximum atomic E-state index is 12.0. The Labute approximate surface area is 158 Å². The molecule has 3 heteroatoms. The van der Waals surface area contributed by atoms with E-state index in [4.69, 9.17) is 4.43 Å². The predicted molar refractivity (Wildman–Crippen MR) is 113 cm³/mol. The van der Waals surface area contributed by atoms with Gasteiger partial charge >= 0.3 is 5.97 Å². The van der Waals surface area contributed by atoms with Crippen LogP contribution < -0.4 is 0 Å². The summed E-state index contributed by atoms with van der Waals surface area (Å²) in [4.78, 5) is 12.0. The van der Waals surface area contributed by atoms with Crippen LogP contribution in [0.5, 0.6) is 0 Å². The summed E-state index contributed by atoms with van der Waals surface area (Å²) in [5.41, 5.74) is 0.772. The molecule has 0 aromatic rings. The number of carbonyl (C=O) groups is 1. The fraction of sp³-hybridized carbons (Fsp3) is 0.864. The van der Waals surface area contributed by atoms with Crippen LogP contribution in [0.2, 0.25) is 19.6 Å². The van der Waals surface area contributed by atoms with Gasteiger partial charge in [0.15, 0.2) is 0 Å². The summed E-state index contributed by atoms with van der Waals surface area (Å²) < 4.78 is 5.53. The van der Waals surface area contributed by atoms with E-state index < -0.39 is 8.32 Å². The summed E-state index contributed by atoms with van der Waals surface area (Å²) in [6, 6.07) is 0. The van der Waals surface area contributed by atoms with E-state index in [0.717, 1.165) is 29.7 Å². The van der Waals surface area contributed by atoms with Gasteiger partial charge in [0.1, 0.15) is 0 Å². The van der Waals surface area contributed by atoms with E-state index in [2.05, 4.69) is 33.8 Å². The zero-order chi connectivity index (χ0) is 19.5. The summed E-state index contributed by atoms with van der Waals surface area (Å²) in [5.74, 6) is 2.32. The third kappa shape index (κ3) is 15.4. The number of allylic oxidation sites excluding steroid dienone is 1. The molecule has 25 heavy (non-hydrogen) atoms. The number of carbonyl (C=O) groups excluding carboxylic acids is 1. The highest BCUT2D eigenvalue weighted by Gasteiger charge is 2.20. The fourth-order valence-electron chi connectivity index (χ4n) is 3.00. The molecular formula is C22H44O2Si. The number of hydrogen-bond acceptors (Lipinski definition) is 2. The van der Waals surface area contributed by atoms with E-state index >= 15 is 0 Å². The first-order valence-electron chi connectivity index (χ1n) is 10.4. The molecule has 2 nitrogen and oxygen atoms in total. The van der Waals surface area contributed by atoms with Gasteiger partial charge in [-0.1, -0.05) is 72.3 Å². The van der Waals surface area contributed by atoms with Gasteiger partial charge in [0.05, 0.1) is 0 Å². The summed E-state index contributed by atoms with van der Waals surface area (Å²) in [7, 11) is -1.78. The Hall–Kier alpha value is -0.573. The predicted octanol–water partition coefficient (Wildman–Crippen LogP) is 7.36. The maximum absolute atomic E-state index is 12.0. The Balaban J connectivity index is 3.87. The first-order chi connectivity index (χ1) is 11.5. The van der Waals surface area contributed by atoms with Crippen LogP contribution in [0.4, 0.5) is 0 Å². The zero-order valence-corrected chi connectivity index (χ0v) is 19.3. The molecule has 0 aliphatic rings. The monoisotopic (exact) mass is 368 g/mol. The second-order valence-electron chi connectivity index (χ2n) is 9.43. The van der Waals surface area contributed by atoms with Crippen molar-refractivity contribution in [2.45, 2.75) is 106 Å². The van der Waals surface area contributed by atoms with E-state index in [1.807, 2.05) is 26.6 Å². The normalized spacial score (nSPS) is 15.3.